The summed E-state index contributed by atoms with van der Waals surface area (Å²) < 4.78 is 16.2. The summed E-state index contributed by atoms with van der Waals surface area (Å²) in [6.45, 7) is 3.28. The van der Waals surface area contributed by atoms with Crippen LogP contribution in [-0.4, -0.2) is 48.3 Å². The maximum atomic E-state index is 13.1. The highest BCUT2D eigenvalue weighted by molar-refractivity contribution is 5.97. The van der Waals surface area contributed by atoms with E-state index in [2.05, 4.69) is 10.1 Å². The molecule has 2 aromatic carbocycles. The quantitative estimate of drug-likeness (QED) is 0.634. The summed E-state index contributed by atoms with van der Waals surface area (Å²) in [7, 11) is 3.11. The van der Waals surface area contributed by atoms with Crippen molar-refractivity contribution in [2.75, 3.05) is 27.3 Å². The minimum atomic E-state index is -0.0576. The van der Waals surface area contributed by atoms with Crippen molar-refractivity contribution in [2.24, 2.45) is 0 Å². The Morgan fingerprint density at radius 1 is 1.10 bits per heavy atom. The van der Waals surface area contributed by atoms with Gasteiger partial charge in [-0.2, -0.15) is 4.98 Å². The maximum Gasteiger partial charge on any atom is 0.257 e. The minimum Gasteiger partial charge on any atom is -0.493 e. The van der Waals surface area contributed by atoms with E-state index in [4.69, 9.17) is 14.0 Å². The van der Waals surface area contributed by atoms with Crippen molar-refractivity contribution < 1.29 is 18.8 Å². The molecule has 1 fully saturated rings. The molecule has 0 spiro atoms. The molecule has 0 unspecified atom stereocenters. The molecule has 7 heteroatoms. The van der Waals surface area contributed by atoms with E-state index < -0.39 is 0 Å². The molecule has 1 aromatic heterocycles. The van der Waals surface area contributed by atoms with Gasteiger partial charge in [-0.25, -0.2) is 0 Å². The second-order valence-corrected chi connectivity index (χ2v) is 7.43. The van der Waals surface area contributed by atoms with Gasteiger partial charge in [-0.15, -0.1) is 0 Å². The zero-order valence-electron chi connectivity index (χ0n) is 17.4. The first-order chi connectivity index (χ1) is 14.6. The van der Waals surface area contributed by atoms with E-state index >= 15 is 0 Å². The molecule has 0 aliphatic carbocycles. The van der Waals surface area contributed by atoms with Crippen molar-refractivity contribution in [2.45, 2.75) is 25.7 Å². The number of methoxy groups -OCH3 is 2. The van der Waals surface area contributed by atoms with E-state index in [1.165, 1.54) is 0 Å². The number of carbonyl (C=O) groups is 1. The van der Waals surface area contributed by atoms with Gasteiger partial charge in [0, 0.05) is 24.6 Å². The van der Waals surface area contributed by atoms with Crippen molar-refractivity contribution in [1.29, 1.82) is 0 Å². The fourth-order valence-electron chi connectivity index (χ4n) is 3.86. The number of para-hydroxylation sites is 1. The van der Waals surface area contributed by atoms with E-state index in [9.17, 15) is 4.79 Å². The molecule has 0 atom stereocenters. The van der Waals surface area contributed by atoms with Crippen molar-refractivity contribution in [3.8, 4) is 23.0 Å². The second-order valence-electron chi connectivity index (χ2n) is 7.43. The normalized spacial score (nSPS) is 14.6. The van der Waals surface area contributed by atoms with Gasteiger partial charge in [0.25, 0.3) is 11.8 Å². The van der Waals surface area contributed by atoms with Gasteiger partial charge in [0.15, 0.2) is 17.3 Å². The lowest BCUT2D eigenvalue weighted by atomic mass is 9.95. The standard InChI is InChI=1S/C23H25N3O4/c1-15-6-4-7-17(14-15)22-24-21(25-30-22)16-10-12-26(13-11-16)23(27)18-8-5-9-19(28-2)20(18)29-3/h4-9,14,16H,10-13H2,1-3H3. The third-order valence-corrected chi connectivity index (χ3v) is 5.49. The summed E-state index contributed by atoms with van der Waals surface area (Å²) in [6, 6.07) is 13.4. The lowest BCUT2D eigenvalue weighted by molar-refractivity contribution is 0.0706. The number of amides is 1. The van der Waals surface area contributed by atoms with Crippen LogP contribution < -0.4 is 9.47 Å². The number of nitrogens with zero attached hydrogens (tertiary/aromatic N) is 3. The lowest BCUT2D eigenvalue weighted by Gasteiger charge is -2.31. The molecule has 7 nitrogen and oxygen atoms in total. The van der Waals surface area contributed by atoms with Crippen LogP contribution in [0.3, 0.4) is 0 Å². The van der Waals surface area contributed by atoms with Crippen LogP contribution >= 0.6 is 0 Å². The molecule has 156 valence electrons. The minimum absolute atomic E-state index is 0.0576. The Hall–Kier alpha value is -3.35. The zero-order chi connectivity index (χ0) is 21.1. The molecule has 0 saturated carbocycles. The Bertz CT molecular complexity index is 1040. The largest absolute Gasteiger partial charge is 0.493 e. The van der Waals surface area contributed by atoms with Gasteiger partial charge < -0.3 is 18.9 Å². The molecule has 1 amide bonds. The highest BCUT2D eigenvalue weighted by Gasteiger charge is 2.29. The molecule has 0 N–H and O–H groups in total. The van der Waals surface area contributed by atoms with Crippen LogP contribution in [0.15, 0.2) is 47.0 Å². The van der Waals surface area contributed by atoms with Crippen LogP contribution in [0.2, 0.25) is 0 Å². The van der Waals surface area contributed by atoms with Crippen molar-refractivity contribution >= 4 is 5.91 Å². The SMILES string of the molecule is COc1cccc(C(=O)N2CCC(c3noc(-c4cccc(C)c4)n3)CC2)c1OC. The summed E-state index contributed by atoms with van der Waals surface area (Å²) in [4.78, 5) is 19.5. The highest BCUT2D eigenvalue weighted by atomic mass is 16.5. The first-order valence-electron chi connectivity index (χ1n) is 10.0. The van der Waals surface area contributed by atoms with E-state index in [0.29, 0.717) is 41.9 Å². The number of carbonyl (C=O) groups excluding carboxylic acids is 1. The Labute approximate surface area is 175 Å². The number of piperidine rings is 1. The third kappa shape index (κ3) is 3.87. The third-order valence-electron chi connectivity index (χ3n) is 5.49. The van der Waals surface area contributed by atoms with Gasteiger partial charge in [0.2, 0.25) is 0 Å². The number of rotatable bonds is 5. The molecular weight excluding hydrogens is 382 g/mol. The summed E-state index contributed by atoms with van der Waals surface area (Å²) in [6.07, 6.45) is 1.57. The van der Waals surface area contributed by atoms with Gasteiger partial charge in [0.1, 0.15) is 0 Å². The fraction of sp³-hybridized carbons (Fsp3) is 0.348. The number of hydrogen-bond acceptors (Lipinski definition) is 6. The average molecular weight is 407 g/mol. The molecule has 1 aliphatic heterocycles. The van der Waals surface area contributed by atoms with Gasteiger partial charge >= 0.3 is 0 Å². The van der Waals surface area contributed by atoms with E-state index in [-0.39, 0.29) is 11.8 Å². The fourth-order valence-corrected chi connectivity index (χ4v) is 3.86. The second kappa shape index (κ2) is 8.57. The van der Waals surface area contributed by atoms with Gasteiger partial charge in [0.05, 0.1) is 19.8 Å². The van der Waals surface area contributed by atoms with Crippen LogP contribution in [0.1, 0.15) is 40.5 Å². The molecule has 4 rings (SSSR count). The predicted octanol–water partition coefficient (Wildman–Crippen LogP) is 4.08. The zero-order valence-corrected chi connectivity index (χ0v) is 17.4. The Morgan fingerprint density at radius 2 is 1.87 bits per heavy atom. The van der Waals surface area contributed by atoms with Gasteiger partial charge in [-0.1, -0.05) is 28.9 Å². The Kier molecular flexibility index (Phi) is 5.70. The first kappa shape index (κ1) is 19.9. The molecular formula is C23H25N3O4. The van der Waals surface area contributed by atoms with Gasteiger partial charge in [-0.05, 0) is 44.0 Å². The smallest absolute Gasteiger partial charge is 0.257 e. The van der Waals surface area contributed by atoms with E-state index in [0.717, 1.165) is 24.0 Å². The number of aryl methyl sites for hydroxylation is 1. The van der Waals surface area contributed by atoms with Crippen molar-refractivity contribution in [1.82, 2.24) is 15.0 Å². The van der Waals surface area contributed by atoms with Crippen LogP contribution in [0.5, 0.6) is 11.5 Å². The summed E-state index contributed by atoms with van der Waals surface area (Å²) >= 11 is 0. The lowest BCUT2D eigenvalue weighted by Crippen LogP contribution is -2.38. The van der Waals surface area contributed by atoms with Crippen LogP contribution in [0.25, 0.3) is 11.5 Å². The van der Waals surface area contributed by atoms with E-state index in [1.54, 1.807) is 32.4 Å². The van der Waals surface area contributed by atoms with Crippen LogP contribution in [0.4, 0.5) is 0 Å². The molecule has 30 heavy (non-hydrogen) atoms. The number of benzene rings is 2. The topological polar surface area (TPSA) is 77.7 Å². The van der Waals surface area contributed by atoms with Crippen molar-refractivity contribution in [3.05, 3.63) is 59.4 Å². The van der Waals surface area contributed by atoms with E-state index in [1.807, 2.05) is 36.1 Å². The van der Waals surface area contributed by atoms with Crippen LogP contribution in [-0.2, 0) is 0 Å². The Balaban J connectivity index is 1.44. The average Bonchev–Trinajstić information content (AvgIpc) is 3.28. The van der Waals surface area contributed by atoms with Gasteiger partial charge in [-0.3, -0.25) is 4.79 Å². The molecule has 0 radical (unpaired) electrons. The number of ether oxygens (including phenoxy) is 2. The summed E-state index contributed by atoms with van der Waals surface area (Å²) in [5.41, 5.74) is 2.58. The number of aromatic nitrogens is 2. The molecule has 3 aromatic rings. The summed E-state index contributed by atoms with van der Waals surface area (Å²) in [5.74, 6) is 2.37. The Morgan fingerprint density at radius 3 is 2.57 bits per heavy atom. The summed E-state index contributed by atoms with van der Waals surface area (Å²) in [5, 5.41) is 4.20. The first-order valence-corrected chi connectivity index (χ1v) is 10.0. The maximum absolute atomic E-state index is 13.1. The molecule has 1 saturated heterocycles. The highest BCUT2D eigenvalue weighted by Crippen LogP contribution is 2.33. The molecule has 0 bridgehead atoms. The number of likely N-dealkylation sites (tertiary alicyclic amines) is 1. The number of hydrogen-bond donors (Lipinski definition) is 0. The molecule has 1 aliphatic rings. The van der Waals surface area contributed by atoms with Crippen molar-refractivity contribution in [3.63, 3.8) is 0 Å². The van der Waals surface area contributed by atoms with Crippen LogP contribution in [0, 0.1) is 6.92 Å². The monoisotopic (exact) mass is 407 g/mol. The predicted molar refractivity (Wildman–Crippen MR) is 112 cm³/mol. The molecule has 2 heterocycles.